The molecule has 326 valence electrons. The molecule has 0 aliphatic rings. The zero-order chi connectivity index (χ0) is 45.9. The minimum atomic E-state index is 0.897. The van der Waals surface area contributed by atoms with E-state index in [1.165, 1.54) is 82.2 Å². The van der Waals surface area contributed by atoms with Crippen LogP contribution in [0.2, 0.25) is 0 Å². The molecular formula is C66H41N3O. The van der Waals surface area contributed by atoms with Gasteiger partial charge in [-0.25, -0.2) is 0 Å². The molecule has 11 aromatic carbocycles. The molecule has 4 heteroatoms. The molecule has 0 atom stereocenters. The van der Waals surface area contributed by atoms with E-state index in [-0.39, 0.29) is 0 Å². The van der Waals surface area contributed by atoms with Crippen LogP contribution in [-0.4, -0.2) is 8.97 Å². The average molecular weight is 892 g/mol. The molecule has 0 fully saturated rings. The Hall–Kier alpha value is -9.38. The van der Waals surface area contributed by atoms with Crippen molar-refractivity contribution in [1.82, 2.24) is 8.97 Å². The Kier molecular flexibility index (Phi) is 8.33. The van der Waals surface area contributed by atoms with E-state index in [1.54, 1.807) is 0 Å². The summed E-state index contributed by atoms with van der Waals surface area (Å²) in [5.41, 5.74) is 19.4. The third kappa shape index (κ3) is 5.84. The van der Waals surface area contributed by atoms with Crippen molar-refractivity contribution in [2.75, 3.05) is 4.90 Å². The van der Waals surface area contributed by atoms with Crippen LogP contribution in [0.4, 0.5) is 17.1 Å². The number of aromatic nitrogens is 2. The third-order valence-electron chi connectivity index (χ3n) is 14.6. The normalized spacial score (nSPS) is 12.0. The Labute approximate surface area is 403 Å². The number of anilines is 3. The molecule has 0 saturated carbocycles. The third-order valence-corrected chi connectivity index (χ3v) is 14.6. The first-order valence-electron chi connectivity index (χ1n) is 24.0. The summed E-state index contributed by atoms with van der Waals surface area (Å²) in [7, 11) is 0. The van der Waals surface area contributed by atoms with Gasteiger partial charge in [0.1, 0.15) is 11.2 Å². The van der Waals surface area contributed by atoms with E-state index in [4.69, 9.17) is 4.42 Å². The van der Waals surface area contributed by atoms with Crippen molar-refractivity contribution >= 4 is 98.9 Å². The van der Waals surface area contributed by atoms with E-state index in [1.807, 2.05) is 12.1 Å². The first-order chi connectivity index (χ1) is 34.7. The summed E-state index contributed by atoms with van der Waals surface area (Å²) in [4.78, 5) is 2.36. The van der Waals surface area contributed by atoms with Crippen LogP contribution in [0.5, 0.6) is 0 Å². The summed E-state index contributed by atoms with van der Waals surface area (Å²) in [6.45, 7) is 0. The van der Waals surface area contributed by atoms with Crippen molar-refractivity contribution < 1.29 is 4.42 Å². The van der Waals surface area contributed by atoms with Crippen LogP contribution in [0, 0.1) is 0 Å². The van der Waals surface area contributed by atoms with Gasteiger partial charge < -0.3 is 18.3 Å². The van der Waals surface area contributed by atoms with E-state index < -0.39 is 0 Å². The lowest BCUT2D eigenvalue weighted by Crippen LogP contribution is -2.09. The number of hydrogen-bond donors (Lipinski definition) is 0. The van der Waals surface area contributed by atoms with Crippen LogP contribution in [0.3, 0.4) is 0 Å². The fourth-order valence-electron chi connectivity index (χ4n) is 11.4. The van der Waals surface area contributed by atoms with Crippen molar-refractivity contribution in [2.45, 2.75) is 0 Å². The second-order valence-corrected chi connectivity index (χ2v) is 18.5. The van der Waals surface area contributed by atoms with Crippen molar-refractivity contribution in [3.63, 3.8) is 0 Å². The van der Waals surface area contributed by atoms with Crippen LogP contribution in [-0.2, 0) is 0 Å². The second kappa shape index (κ2) is 15.1. The van der Waals surface area contributed by atoms with Crippen molar-refractivity contribution in [3.8, 4) is 39.1 Å². The zero-order valence-corrected chi connectivity index (χ0v) is 37.9. The van der Waals surface area contributed by atoms with Gasteiger partial charge in [-0.05, 0) is 143 Å². The molecule has 0 spiro atoms. The van der Waals surface area contributed by atoms with Crippen LogP contribution >= 0.6 is 0 Å². The molecule has 4 nitrogen and oxygen atoms in total. The summed E-state index contributed by atoms with van der Waals surface area (Å²) in [5, 5.41) is 9.88. The number of hydrogen-bond acceptors (Lipinski definition) is 2. The van der Waals surface area contributed by atoms with Gasteiger partial charge >= 0.3 is 0 Å². The average Bonchev–Trinajstić information content (AvgIpc) is 4.17. The molecule has 70 heavy (non-hydrogen) atoms. The van der Waals surface area contributed by atoms with E-state index in [0.717, 1.165) is 55.8 Å². The van der Waals surface area contributed by atoms with Crippen LogP contribution in [0.15, 0.2) is 253 Å². The fraction of sp³-hybridized carbons (Fsp3) is 0. The Morgan fingerprint density at radius 2 is 0.700 bits per heavy atom. The highest BCUT2D eigenvalue weighted by molar-refractivity contribution is 6.24. The Bertz CT molecular complexity index is 4420. The minimum absolute atomic E-state index is 0.897. The lowest BCUT2D eigenvalue weighted by molar-refractivity contribution is 0.669. The highest BCUT2D eigenvalue weighted by Gasteiger charge is 2.20. The summed E-state index contributed by atoms with van der Waals surface area (Å²) in [5.74, 6) is 0. The molecule has 4 heterocycles. The molecule has 0 N–H and O–H groups in total. The maximum atomic E-state index is 6.29. The van der Waals surface area contributed by atoms with E-state index in [2.05, 4.69) is 250 Å². The monoisotopic (exact) mass is 891 g/mol. The van der Waals surface area contributed by atoms with Gasteiger partial charge in [0.2, 0.25) is 0 Å². The van der Waals surface area contributed by atoms with Crippen molar-refractivity contribution in [2.24, 2.45) is 0 Å². The summed E-state index contributed by atoms with van der Waals surface area (Å²) in [6.07, 6.45) is 0. The molecular weight excluding hydrogens is 851 g/mol. The van der Waals surface area contributed by atoms with Gasteiger partial charge in [0.05, 0.1) is 27.6 Å². The number of furan rings is 1. The summed E-state index contributed by atoms with van der Waals surface area (Å²) < 4.78 is 11.1. The molecule has 0 amide bonds. The molecule has 0 unspecified atom stereocenters. The predicted molar refractivity (Wildman–Crippen MR) is 294 cm³/mol. The van der Waals surface area contributed by atoms with Crippen LogP contribution in [0.1, 0.15) is 0 Å². The largest absolute Gasteiger partial charge is 0.456 e. The molecule has 0 aliphatic heterocycles. The van der Waals surface area contributed by atoms with E-state index >= 15 is 0 Å². The molecule has 15 aromatic rings. The van der Waals surface area contributed by atoms with Gasteiger partial charge in [-0.2, -0.15) is 0 Å². The molecule has 0 bridgehead atoms. The quantitative estimate of drug-likeness (QED) is 0.159. The summed E-state index contributed by atoms with van der Waals surface area (Å²) in [6, 6.07) is 90.5. The van der Waals surface area contributed by atoms with Gasteiger partial charge in [0, 0.05) is 65.8 Å². The van der Waals surface area contributed by atoms with Gasteiger partial charge in [-0.1, -0.05) is 140 Å². The van der Waals surface area contributed by atoms with Gasteiger partial charge in [-0.3, -0.25) is 0 Å². The fourth-order valence-corrected chi connectivity index (χ4v) is 11.4. The molecule has 4 aromatic heterocycles. The smallest absolute Gasteiger partial charge is 0.136 e. The zero-order valence-electron chi connectivity index (χ0n) is 37.9. The molecule has 0 saturated heterocycles. The Balaban J connectivity index is 0.828. The number of para-hydroxylation sites is 5. The number of nitrogens with zero attached hydrogens (tertiary/aromatic N) is 3. The molecule has 0 aliphatic carbocycles. The van der Waals surface area contributed by atoms with Crippen LogP contribution in [0.25, 0.3) is 121 Å². The van der Waals surface area contributed by atoms with E-state index in [9.17, 15) is 0 Å². The maximum absolute atomic E-state index is 6.29. The second-order valence-electron chi connectivity index (χ2n) is 18.5. The Morgan fingerprint density at radius 3 is 1.31 bits per heavy atom. The lowest BCUT2D eigenvalue weighted by Gasteiger charge is -2.26. The minimum Gasteiger partial charge on any atom is -0.456 e. The first-order valence-corrected chi connectivity index (χ1v) is 24.0. The Morgan fingerprint density at radius 1 is 0.271 bits per heavy atom. The number of rotatable bonds is 7. The number of benzene rings is 11. The highest BCUT2D eigenvalue weighted by atomic mass is 16.3. The highest BCUT2D eigenvalue weighted by Crippen LogP contribution is 2.44. The van der Waals surface area contributed by atoms with Gasteiger partial charge in [0.15, 0.2) is 0 Å². The summed E-state index contributed by atoms with van der Waals surface area (Å²) >= 11 is 0. The SMILES string of the molecule is c1ccc(-n2c3ccccc3c3cc(-c4ccc(N(c5ccc(-c6ccc7c(c6)oc6ccccc67)cc5)c5ccc(-c6cc7c8ccccc8n8c9ccccc9c(c6)c78)cc5)cc4)ccc32)cc1. The van der Waals surface area contributed by atoms with E-state index in [0.29, 0.717) is 0 Å². The van der Waals surface area contributed by atoms with Crippen molar-refractivity contribution in [1.29, 1.82) is 0 Å². The van der Waals surface area contributed by atoms with Gasteiger partial charge in [-0.15, -0.1) is 0 Å². The lowest BCUT2D eigenvalue weighted by atomic mass is 9.98. The molecule has 15 rings (SSSR count). The first kappa shape index (κ1) is 38.7. The topological polar surface area (TPSA) is 25.7 Å². The van der Waals surface area contributed by atoms with Crippen LogP contribution < -0.4 is 4.90 Å². The molecule has 0 radical (unpaired) electrons. The number of fused-ring (bicyclic) bond motifs is 12. The van der Waals surface area contributed by atoms with Crippen molar-refractivity contribution in [3.05, 3.63) is 249 Å². The van der Waals surface area contributed by atoms with Gasteiger partial charge in [0.25, 0.3) is 0 Å². The standard InChI is InChI=1S/C66H41N3O/c1-2-12-48(13-3-1)68-60-18-8-4-14-52(60)57-38-45(29-37-63(57)68)42-22-30-49(31-23-42)67(50-32-24-43(25-33-50)46-28-36-56-55-17-7-11-21-64(55)70-65(56)41-46)51-34-26-44(27-35-51)47-39-58-53-15-5-9-19-61(53)69-62-20-10-6-16-54(62)59(40-47)66(58)69/h1-41H. The predicted octanol–water partition coefficient (Wildman–Crippen LogP) is 18.3. The maximum Gasteiger partial charge on any atom is 0.136 e.